The molecule has 1 amide bonds. The lowest BCUT2D eigenvalue weighted by atomic mass is 10.0. The van der Waals surface area contributed by atoms with E-state index in [2.05, 4.69) is 10.2 Å². The quantitative estimate of drug-likeness (QED) is 0.852. The number of carbonyl (C=O) groups is 1. The van der Waals surface area contributed by atoms with Gasteiger partial charge >= 0.3 is 6.09 Å². The largest absolute Gasteiger partial charge is 0.446 e. The normalized spacial score (nSPS) is 12.6. The molecule has 0 aliphatic carbocycles. The first-order valence-corrected chi connectivity index (χ1v) is 5.15. The third-order valence-corrected chi connectivity index (χ3v) is 2.46. The number of carbonyl (C=O) groups excluding carboxylic acids is 1. The van der Waals surface area contributed by atoms with E-state index in [4.69, 9.17) is 10.5 Å². The Balaban J connectivity index is 2.29. The minimum atomic E-state index is -0.836. The molecule has 17 heavy (non-hydrogen) atoms. The first-order chi connectivity index (χ1) is 8.08. The molecule has 1 atom stereocenters. The summed E-state index contributed by atoms with van der Waals surface area (Å²) in [5, 5.41) is 6.51. The number of halogens is 1. The molecule has 90 valence electrons. The van der Waals surface area contributed by atoms with Crippen molar-refractivity contribution >= 4 is 17.0 Å². The lowest BCUT2D eigenvalue weighted by molar-refractivity contribution is 0.116. The zero-order chi connectivity index (χ0) is 12.4. The molecule has 3 N–H and O–H groups in total. The summed E-state index contributed by atoms with van der Waals surface area (Å²) in [5.74, 6) is -0.554. The number of amides is 1. The Bertz CT molecular complexity index is 553. The summed E-state index contributed by atoms with van der Waals surface area (Å²) in [7, 11) is 0. The van der Waals surface area contributed by atoms with E-state index < -0.39 is 18.1 Å². The number of nitrogens with two attached hydrogens (primary N) is 1. The van der Waals surface area contributed by atoms with E-state index in [9.17, 15) is 9.18 Å². The number of hydrogen-bond donors (Lipinski definition) is 2. The van der Waals surface area contributed by atoms with E-state index in [-0.39, 0.29) is 0 Å². The van der Waals surface area contributed by atoms with Crippen LogP contribution < -0.4 is 5.73 Å². The van der Waals surface area contributed by atoms with Gasteiger partial charge in [-0.1, -0.05) is 12.1 Å². The number of H-pyrrole nitrogens is 1. The van der Waals surface area contributed by atoms with Crippen LogP contribution in [0.1, 0.15) is 12.5 Å². The molecule has 0 radical (unpaired) electrons. The monoisotopic (exact) mass is 237 g/mol. The van der Waals surface area contributed by atoms with Crippen molar-refractivity contribution in [1.29, 1.82) is 0 Å². The second-order valence-electron chi connectivity index (χ2n) is 3.81. The average Bonchev–Trinajstić information content (AvgIpc) is 2.60. The van der Waals surface area contributed by atoms with Gasteiger partial charge in [0.25, 0.3) is 0 Å². The van der Waals surface area contributed by atoms with Crippen molar-refractivity contribution in [2.75, 3.05) is 0 Å². The molecule has 6 heteroatoms. The number of nitrogens with zero attached hydrogens (tertiary/aromatic N) is 1. The van der Waals surface area contributed by atoms with Crippen LogP contribution in [0.5, 0.6) is 0 Å². The summed E-state index contributed by atoms with van der Waals surface area (Å²) in [6.07, 6.45) is -0.860. The molecule has 2 rings (SSSR count). The zero-order valence-electron chi connectivity index (χ0n) is 9.24. The second-order valence-corrected chi connectivity index (χ2v) is 3.81. The molecule has 0 aliphatic heterocycles. The molecule has 0 saturated heterocycles. The number of rotatable bonds is 3. The van der Waals surface area contributed by atoms with Gasteiger partial charge in [-0.15, -0.1) is 5.10 Å². The van der Waals surface area contributed by atoms with Crippen LogP contribution >= 0.6 is 0 Å². The Kier molecular flexibility index (Phi) is 2.95. The van der Waals surface area contributed by atoms with Crippen LogP contribution in [0.4, 0.5) is 9.18 Å². The molecule has 0 bridgehead atoms. The van der Waals surface area contributed by atoms with E-state index in [1.54, 1.807) is 25.1 Å². The van der Waals surface area contributed by atoms with Crippen LogP contribution in [-0.2, 0) is 11.2 Å². The predicted octanol–water partition coefficient (Wildman–Crippen LogP) is 1.73. The minimum absolute atomic E-state index is 0.386. The third-order valence-electron chi connectivity index (χ3n) is 2.46. The molecule has 1 heterocycles. The van der Waals surface area contributed by atoms with Crippen LogP contribution in [0.2, 0.25) is 0 Å². The first kappa shape index (κ1) is 11.4. The average molecular weight is 237 g/mol. The summed E-state index contributed by atoms with van der Waals surface area (Å²) in [6, 6.07) is 5.28. The Morgan fingerprint density at radius 1 is 1.65 bits per heavy atom. The molecule has 1 aromatic heterocycles. The minimum Gasteiger partial charge on any atom is -0.446 e. The molecule has 1 aromatic carbocycles. The standard InChI is InChI=1S/C11H12FN3O2/c1-6(17-11(13)16)5-7-3-2-4-8-9(7)10(12)15-14-8/h2-4,6H,5H2,1H3,(H2,13,16)(H,14,15)/t6-/m1/s1. The fourth-order valence-corrected chi connectivity index (χ4v) is 1.82. The van der Waals surface area contributed by atoms with Gasteiger partial charge in [-0.2, -0.15) is 4.39 Å². The highest BCUT2D eigenvalue weighted by Gasteiger charge is 2.13. The van der Waals surface area contributed by atoms with Crippen LogP contribution in [0.3, 0.4) is 0 Å². The van der Waals surface area contributed by atoms with Gasteiger partial charge in [0, 0.05) is 6.42 Å². The lowest BCUT2D eigenvalue weighted by Gasteiger charge is -2.11. The van der Waals surface area contributed by atoms with Gasteiger partial charge in [-0.25, -0.2) is 4.79 Å². The van der Waals surface area contributed by atoms with Crippen molar-refractivity contribution in [3.8, 4) is 0 Å². The smallest absolute Gasteiger partial charge is 0.404 e. The van der Waals surface area contributed by atoms with Crippen molar-refractivity contribution in [1.82, 2.24) is 10.2 Å². The van der Waals surface area contributed by atoms with Crippen LogP contribution in [0.15, 0.2) is 18.2 Å². The summed E-state index contributed by atoms with van der Waals surface area (Å²) < 4.78 is 18.3. The van der Waals surface area contributed by atoms with E-state index in [0.717, 1.165) is 5.56 Å². The summed E-state index contributed by atoms with van der Waals surface area (Å²) in [4.78, 5) is 10.6. The van der Waals surface area contributed by atoms with Crippen molar-refractivity contribution in [3.63, 3.8) is 0 Å². The number of hydrogen-bond acceptors (Lipinski definition) is 3. The molecular formula is C11H12FN3O2. The number of primary amides is 1. The van der Waals surface area contributed by atoms with E-state index in [1.807, 2.05) is 0 Å². The highest BCUT2D eigenvalue weighted by Crippen LogP contribution is 2.21. The topological polar surface area (TPSA) is 81.0 Å². The van der Waals surface area contributed by atoms with Gasteiger partial charge in [-0.3, -0.25) is 5.10 Å². The van der Waals surface area contributed by atoms with Crippen molar-refractivity contribution in [2.24, 2.45) is 5.73 Å². The Morgan fingerprint density at radius 2 is 2.41 bits per heavy atom. The van der Waals surface area contributed by atoms with Crippen molar-refractivity contribution < 1.29 is 13.9 Å². The van der Waals surface area contributed by atoms with Crippen LogP contribution in [0, 0.1) is 5.95 Å². The Hall–Kier alpha value is -2.11. The summed E-state index contributed by atoms with van der Waals surface area (Å²) in [5.41, 5.74) is 6.26. The second kappa shape index (κ2) is 4.40. The van der Waals surface area contributed by atoms with E-state index in [0.29, 0.717) is 17.3 Å². The van der Waals surface area contributed by atoms with E-state index >= 15 is 0 Å². The number of benzene rings is 1. The van der Waals surface area contributed by atoms with Gasteiger partial charge in [0.15, 0.2) is 0 Å². The molecule has 0 unspecified atom stereocenters. The van der Waals surface area contributed by atoms with Gasteiger partial charge in [0.2, 0.25) is 5.95 Å². The number of aromatic nitrogens is 2. The zero-order valence-corrected chi connectivity index (χ0v) is 9.24. The van der Waals surface area contributed by atoms with Gasteiger partial charge in [0.1, 0.15) is 6.10 Å². The van der Waals surface area contributed by atoms with Crippen LogP contribution in [0.25, 0.3) is 10.9 Å². The maximum Gasteiger partial charge on any atom is 0.404 e. The Morgan fingerprint density at radius 3 is 3.12 bits per heavy atom. The summed E-state index contributed by atoms with van der Waals surface area (Å²) >= 11 is 0. The van der Waals surface area contributed by atoms with Gasteiger partial charge < -0.3 is 10.5 Å². The third kappa shape index (κ3) is 2.35. The predicted molar refractivity (Wildman–Crippen MR) is 59.9 cm³/mol. The molecule has 0 aliphatic rings. The number of nitrogens with one attached hydrogen (secondary N) is 1. The van der Waals surface area contributed by atoms with Gasteiger partial charge in [-0.05, 0) is 18.6 Å². The van der Waals surface area contributed by atoms with E-state index in [1.165, 1.54) is 0 Å². The molecule has 2 aromatic rings. The van der Waals surface area contributed by atoms with Crippen molar-refractivity contribution in [2.45, 2.75) is 19.4 Å². The number of aromatic amines is 1. The van der Waals surface area contributed by atoms with Crippen molar-refractivity contribution in [3.05, 3.63) is 29.7 Å². The first-order valence-electron chi connectivity index (χ1n) is 5.15. The van der Waals surface area contributed by atoms with Gasteiger partial charge in [0.05, 0.1) is 10.9 Å². The number of fused-ring (bicyclic) bond motifs is 1. The Labute approximate surface area is 96.8 Å². The molecule has 5 nitrogen and oxygen atoms in total. The fraction of sp³-hybridized carbons (Fsp3) is 0.273. The number of ether oxygens (including phenoxy) is 1. The molecule has 0 fully saturated rings. The summed E-state index contributed by atoms with van der Waals surface area (Å²) in [6.45, 7) is 1.70. The molecule has 0 spiro atoms. The SMILES string of the molecule is C[C@H](Cc1cccc2[nH]nc(F)c12)OC(N)=O. The highest BCUT2D eigenvalue weighted by molar-refractivity contribution is 5.82. The van der Waals surface area contributed by atoms with Crippen LogP contribution in [-0.4, -0.2) is 22.4 Å². The maximum absolute atomic E-state index is 13.4. The highest BCUT2D eigenvalue weighted by atomic mass is 19.1. The lowest BCUT2D eigenvalue weighted by Crippen LogP contribution is -2.22. The molecule has 0 saturated carbocycles. The molecular weight excluding hydrogens is 225 g/mol. The fourth-order valence-electron chi connectivity index (χ4n) is 1.82. The maximum atomic E-state index is 13.4.